The number of nitrogens with one attached hydrogen (secondary N) is 2. The number of hydrogen-bond donors (Lipinski definition) is 2. The van der Waals surface area contributed by atoms with Crippen molar-refractivity contribution in [1.82, 2.24) is 10.6 Å². The van der Waals surface area contributed by atoms with Gasteiger partial charge >= 0.3 is 0 Å². The van der Waals surface area contributed by atoms with Crippen molar-refractivity contribution >= 4 is 5.96 Å². The van der Waals surface area contributed by atoms with Crippen molar-refractivity contribution in [1.29, 1.82) is 0 Å². The second-order valence-corrected chi connectivity index (χ2v) is 6.60. The lowest BCUT2D eigenvalue weighted by atomic mass is 10.2. The third-order valence-electron chi connectivity index (χ3n) is 4.38. The van der Waals surface area contributed by atoms with E-state index in [1.165, 1.54) is 0 Å². The van der Waals surface area contributed by atoms with Crippen LogP contribution in [-0.4, -0.2) is 58.7 Å². The quantitative estimate of drug-likeness (QED) is 0.323. The van der Waals surface area contributed by atoms with Gasteiger partial charge in [0.1, 0.15) is 0 Å². The van der Waals surface area contributed by atoms with Crippen LogP contribution in [0.4, 0.5) is 0 Å². The van der Waals surface area contributed by atoms with E-state index < -0.39 is 0 Å². The van der Waals surface area contributed by atoms with E-state index in [2.05, 4.69) is 22.5 Å². The van der Waals surface area contributed by atoms with E-state index in [0.717, 1.165) is 68.6 Å². The number of aliphatic imine (C=N–C) groups is 1. The third kappa shape index (κ3) is 7.94. The number of rotatable bonds is 12. The van der Waals surface area contributed by atoms with Crippen LogP contribution in [0.25, 0.3) is 0 Å². The minimum Gasteiger partial charge on any atom is -0.493 e. The van der Waals surface area contributed by atoms with E-state index in [-0.39, 0.29) is 6.10 Å². The van der Waals surface area contributed by atoms with Crippen LogP contribution >= 0.6 is 0 Å². The summed E-state index contributed by atoms with van der Waals surface area (Å²) in [7, 11) is 1.65. The maximum atomic E-state index is 5.70. The highest BCUT2D eigenvalue weighted by Gasteiger charge is 2.14. The van der Waals surface area contributed by atoms with Gasteiger partial charge in [0.2, 0.25) is 0 Å². The monoisotopic (exact) mass is 393 g/mol. The zero-order valence-electron chi connectivity index (χ0n) is 17.5. The lowest BCUT2D eigenvalue weighted by Crippen LogP contribution is -2.38. The first-order valence-corrected chi connectivity index (χ1v) is 10.3. The second-order valence-electron chi connectivity index (χ2n) is 6.60. The van der Waals surface area contributed by atoms with Gasteiger partial charge in [-0.3, -0.25) is 0 Å². The fraction of sp³-hybridized carbons (Fsp3) is 0.667. The van der Waals surface area contributed by atoms with Crippen molar-refractivity contribution in [3.05, 3.63) is 23.8 Å². The Balaban J connectivity index is 1.75. The van der Waals surface area contributed by atoms with Gasteiger partial charge in [0.25, 0.3) is 0 Å². The minimum absolute atomic E-state index is 0.290. The van der Waals surface area contributed by atoms with E-state index in [0.29, 0.717) is 19.8 Å². The maximum Gasteiger partial charge on any atom is 0.191 e. The summed E-state index contributed by atoms with van der Waals surface area (Å²) < 4.78 is 22.2. The van der Waals surface area contributed by atoms with Crippen LogP contribution < -0.4 is 20.1 Å². The van der Waals surface area contributed by atoms with Crippen LogP contribution in [0.5, 0.6) is 11.5 Å². The predicted octanol–water partition coefficient (Wildman–Crippen LogP) is 2.73. The summed E-state index contributed by atoms with van der Waals surface area (Å²) in [4.78, 5) is 4.66. The molecule has 2 N–H and O–H groups in total. The molecule has 1 aliphatic rings. The Labute approximate surface area is 168 Å². The van der Waals surface area contributed by atoms with Crippen molar-refractivity contribution in [2.45, 2.75) is 45.8 Å². The molecule has 1 saturated heterocycles. The molecule has 7 heteroatoms. The molecule has 0 amide bonds. The SMILES string of the molecule is CCNC(=NCc1ccc(OC)c(OCC)c1)NCCCOCC1CCCO1. The summed E-state index contributed by atoms with van der Waals surface area (Å²) in [5.41, 5.74) is 1.07. The first-order valence-electron chi connectivity index (χ1n) is 10.3. The normalized spacial score (nSPS) is 16.8. The first kappa shape index (κ1) is 22.3. The molecule has 28 heavy (non-hydrogen) atoms. The number of ether oxygens (including phenoxy) is 4. The number of hydrogen-bond acceptors (Lipinski definition) is 5. The molecule has 1 aliphatic heterocycles. The molecule has 1 atom stereocenters. The summed E-state index contributed by atoms with van der Waals surface area (Å²) in [6.07, 6.45) is 3.48. The average molecular weight is 394 g/mol. The minimum atomic E-state index is 0.290. The van der Waals surface area contributed by atoms with Gasteiger partial charge in [-0.15, -0.1) is 0 Å². The Morgan fingerprint density at radius 3 is 2.86 bits per heavy atom. The van der Waals surface area contributed by atoms with Crippen molar-refractivity contribution in [2.24, 2.45) is 4.99 Å². The molecule has 0 saturated carbocycles. The van der Waals surface area contributed by atoms with Gasteiger partial charge in [-0.25, -0.2) is 4.99 Å². The molecule has 1 heterocycles. The lowest BCUT2D eigenvalue weighted by Gasteiger charge is -2.13. The molecule has 7 nitrogen and oxygen atoms in total. The highest BCUT2D eigenvalue weighted by Crippen LogP contribution is 2.28. The van der Waals surface area contributed by atoms with Gasteiger partial charge in [0.05, 0.1) is 33.0 Å². The fourth-order valence-corrected chi connectivity index (χ4v) is 2.97. The maximum absolute atomic E-state index is 5.70. The molecule has 1 aromatic rings. The van der Waals surface area contributed by atoms with E-state index >= 15 is 0 Å². The topological polar surface area (TPSA) is 73.3 Å². The van der Waals surface area contributed by atoms with Gasteiger partial charge < -0.3 is 29.6 Å². The molecule has 1 aromatic carbocycles. The number of nitrogens with zero attached hydrogens (tertiary/aromatic N) is 1. The summed E-state index contributed by atoms with van der Waals surface area (Å²) in [5, 5.41) is 6.63. The Morgan fingerprint density at radius 1 is 1.25 bits per heavy atom. The van der Waals surface area contributed by atoms with Gasteiger partial charge in [-0.1, -0.05) is 6.07 Å². The molecule has 1 unspecified atom stereocenters. The molecule has 0 aromatic heterocycles. The molecular formula is C21H35N3O4. The summed E-state index contributed by atoms with van der Waals surface area (Å²) in [5.74, 6) is 2.29. The number of guanidine groups is 1. The fourth-order valence-electron chi connectivity index (χ4n) is 2.97. The summed E-state index contributed by atoms with van der Waals surface area (Å²) in [6, 6.07) is 5.91. The smallest absolute Gasteiger partial charge is 0.191 e. The van der Waals surface area contributed by atoms with Crippen molar-refractivity contribution in [2.75, 3.05) is 46.6 Å². The predicted molar refractivity (Wildman–Crippen MR) is 111 cm³/mol. The molecule has 2 rings (SSSR count). The highest BCUT2D eigenvalue weighted by atomic mass is 16.5. The average Bonchev–Trinajstić information content (AvgIpc) is 3.22. The standard InChI is InChI=1S/C21H35N3O4/c1-4-22-21(23-11-7-12-26-16-18-8-6-13-28-18)24-15-17-9-10-19(25-3)20(14-17)27-5-2/h9-10,14,18H,4-8,11-13,15-16H2,1-3H3,(H2,22,23,24). The zero-order valence-corrected chi connectivity index (χ0v) is 17.5. The second kappa shape index (κ2) is 13.2. The van der Waals surface area contributed by atoms with Crippen LogP contribution in [0, 0.1) is 0 Å². The first-order chi connectivity index (χ1) is 13.8. The largest absolute Gasteiger partial charge is 0.493 e. The number of benzene rings is 1. The van der Waals surface area contributed by atoms with Crippen molar-refractivity contribution < 1.29 is 18.9 Å². The van der Waals surface area contributed by atoms with E-state index in [1.807, 2.05) is 25.1 Å². The highest BCUT2D eigenvalue weighted by molar-refractivity contribution is 5.79. The Hall–Kier alpha value is -1.99. The van der Waals surface area contributed by atoms with Gasteiger partial charge in [0.15, 0.2) is 17.5 Å². The van der Waals surface area contributed by atoms with Crippen LogP contribution in [0.1, 0.15) is 38.7 Å². The van der Waals surface area contributed by atoms with Crippen LogP contribution in [0.3, 0.4) is 0 Å². The Bertz CT molecular complexity index is 589. The Morgan fingerprint density at radius 2 is 2.14 bits per heavy atom. The summed E-state index contributed by atoms with van der Waals surface area (Å²) >= 11 is 0. The van der Waals surface area contributed by atoms with Crippen LogP contribution in [0.2, 0.25) is 0 Å². The van der Waals surface area contributed by atoms with E-state index in [4.69, 9.17) is 18.9 Å². The summed E-state index contributed by atoms with van der Waals surface area (Å²) in [6.45, 7) is 9.11. The van der Waals surface area contributed by atoms with Crippen molar-refractivity contribution in [3.8, 4) is 11.5 Å². The third-order valence-corrected chi connectivity index (χ3v) is 4.38. The zero-order chi connectivity index (χ0) is 20.0. The molecule has 1 fully saturated rings. The molecule has 0 aliphatic carbocycles. The Kier molecular flexibility index (Phi) is 10.5. The molecule has 0 bridgehead atoms. The molecule has 158 valence electrons. The molecule has 0 spiro atoms. The lowest BCUT2D eigenvalue weighted by molar-refractivity contribution is 0.0168. The van der Waals surface area contributed by atoms with Gasteiger partial charge in [-0.2, -0.15) is 0 Å². The van der Waals surface area contributed by atoms with Crippen LogP contribution in [-0.2, 0) is 16.0 Å². The van der Waals surface area contributed by atoms with E-state index in [1.54, 1.807) is 7.11 Å². The van der Waals surface area contributed by atoms with Crippen molar-refractivity contribution in [3.63, 3.8) is 0 Å². The van der Waals surface area contributed by atoms with Gasteiger partial charge in [0, 0.05) is 26.3 Å². The van der Waals surface area contributed by atoms with E-state index in [9.17, 15) is 0 Å². The van der Waals surface area contributed by atoms with Crippen LogP contribution in [0.15, 0.2) is 23.2 Å². The van der Waals surface area contributed by atoms with Gasteiger partial charge in [-0.05, 0) is 50.8 Å². The molecule has 0 radical (unpaired) electrons. The molecular weight excluding hydrogens is 358 g/mol. The number of methoxy groups -OCH3 is 1.